The number of benzene rings is 3. The van der Waals surface area contributed by atoms with Crippen molar-refractivity contribution in [2.24, 2.45) is 0 Å². The van der Waals surface area contributed by atoms with Crippen molar-refractivity contribution < 1.29 is 33.8 Å². The Balaban J connectivity index is 1.94. The highest BCUT2D eigenvalue weighted by atomic mass is 35.5. The third-order valence-electron chi connectivity index (χ3n) is 4.71. The second-order valence-electron chi connectivity index (χ2n) is 7.15. The van der Waals surface area contributed by atoms with Gasteiger partial charge in [-0.25, -0.2) is 14.4 Å². The van der Waals surface area contributed by atoms with Gasteiger partial charge in [0, 0.05) is 10.0 Å². The number of halogens is 2. The number of nitriles is 1. The molecule has 0 fully saturated rings. The number of para-hydroxylation sites is 1. The molecule has 0 unspecified atom stereocenters. The van der Waals surface area contributed by atoms with Gasteiger partial charge in [-0.15, -0.1) is 0 Å². The van der Waals surface area contributed by atoms with Gasteiger partial charge in [0.05, 0.1) is 22.4 Å². The number of ether oxygens (including phenoxy) is 2. The summed E-state index contributed by atoms with van der Waals surface area (Å²) in [5.41, 5.74) is 0.0100. The Bertz CT molecular complexity index is 1340. The molecule has 182 valence electrons. The van der Waals surface area contributed by atoms with Crippen molar-refractivity contribution in [2.45, 2.75) is 12.2 Å². The fraction of sp³-hybridized carbons (Fsp3) is 0.0800. The lowest BCUT2D eigenvalue weighted by Crippen LogP contribution is -2.48. The smallest absolute Gasteiger partial charge is 0.349 e. The number of nitrogens with one attached hydrogen (secondary N) is 1. The first-order chi connectivity index (χ1) is 17.2. The van der Waals surface area contributed by atoms with Gasteiger partial charge in [0.1, 0.15) is 6.07 Å². The maximum Gasteiger partial charge on any atom is 0.349 e. The number of rotatable bonds is 8. The van der Waals surface area contributed by atoms with Crippen molar-refractivity contribution in [2.75, 3.05) is 5.32 Å². The van der Waals surface area contributed by atoms with E-state index in [1.54, 1.807) is 6.07 Å². The number of hydrogen-bond acceptors (Lipinski definition) is 7. The van der Waals surface area contributed by atoms with E-state index < -0.39 is 36.0 Å². The Morgan fingerprint density at radius 3 is 1.72 bits per heavy atom. The molecule has 3 rings (SSSR count). The minimum absolute atomic E-state index is 0.0331. The molecule has 0 aromatic heterocycles. The third kappa shape index (κ3) is 6.60. The topological polar surface area (TPSA) is 143 Å². The van der Waals surface area contributed by atoms with Crippen LogP contribution in [0.5, 0.6) is 0 Å². The van der Waals surface area contributed by atoms with Crippen LogP contribution in [0.2, 0.25) is 10.0 Å². The van der Waals surface area contributed by atoms with Gasteiger partial charge in [0.2, 0.25) is 12.2 Å². The quantitative estimate of drug-likeness (QED) is 0.412. The lowest BCUT2D eigenvalue weighted by molar-refractivity contribution is -0.157. The summed E-state index contributed by atoms with van der Waals surface area (Å²) < 4.78 is 10.3. The molecule has 0 bridgehead atoms. The van der Waals surface area contributed by atoms with Gasteiger partial charge in [0.15, 0.2) is 0 Å². The second kappa shape index (κ2) is 11.8. The summed E-state index contributed by atoms with van der Waals surface area (Å²) in [6, 6.07) is 18.5. The van der Waals surface area contributed by atoms with Crippen LogP contribution in [0, 0.1) is 11.3 Å². The zero-order valence-electron chi connectivity index (χ0n) is 18.2. The number of aliphatic carboxylic acids is 1. The van der Waals surface area contributed by atoms with Crippen LogP contribution in [0.1, 0.15) is 26.3 Å². The Morgan fingerprint density at radius 2 is 1.25 bits per heavy atom. The molecule has 1 amide bonds. The van der Waals surface area contributed by atoms with Crippen LogP contribution in [0.25, 0.3) is 0 Å². The van der Waals surface area contributed by atoms with Crippen LogP contribution in [0.15, 0.2) is 72.8 Å². The van der Waals surface area contributed by atoms with Crippen molar-refractivity contribution in [3.63, 3.8) is 0 Å². The lowest BCUT2D eigenvalue weighted by Gasteiger charge is -2.23. The summed E-state index contributed by atoms with van der Waals surface area (Å²) in [4.78, 5) is 50.5. The molecular formula is C25H16Cl2N2O7. The number of carboxylic acids is 1. The number of carbonyl (C=O) groups is 4. The van der Waals surface area contributed by atoms with E-state index in [-0.39, 0.29) is 22.4 Å². The highest BCUT2D eigenvalue weighted by Gasteiger charge is 2.41. The molecule has 0 heterocycles. The first-order valence-corrected chi connectivity index (χ1v) is 10.9. The molecule has 0 aliphatic rings. The molecule has 0 aliphatic heterocycles. The molecule has 3 aromatic rings. The molecule has 0 spiro atoms. The molecular weight excluding hydrogens is 511 g/mol. The Hall–Kier alpha value is -4.39. The molecule has 0 radical (unpaired) electrons. The number of carboxylic acid groups (broad SMARTS) is 1. The van der Waals surface area contributed by atoms with Gasteiger partial charge in [0.25, 0.3) is 5.91 Å². The number of nitrogens with zero attached hydrogens (tertiary/aromatic N) is 1. The van der Waals surface area contributed by atoms with Gasteiger partial charge < -0.3 is 19.9 Å². The van der Waals surface area contributed by atoms with Gasteiger partial charge in [-0.3, -0.25) is 4.79 Å². The highest BCUT2D eigenvalue weighted by Crippen LogP contribution is 2.19. The molecule has 0 aliphatic carbocycles. The van der Waals surface area contributed by atoms with Gasteiger partial charge in [-0.2, -0.15) is 5.26 Å². The summed E-state index contributed by atoms with van der Waals surface area (Å²) in [5, 5.41) is 22.1. The van der Waals surface area contributed by atoms with E-state index in [2.05, 4.69) is 5.32 Å². The van der Waals surface area contributed by atoms with Crippen LogP contribution < -0.4 is 5.32 Å². The number of amides is 1. The lowest BCUT2D eigenvalue weighted by atomic mass is 10.1. The van der Waals surface area contributed by atoms with Crippen LogP contribution >= 0.6 is 23.2 Å². The summed E-state index contributed by atoms with van der Waals surface area (Å²) in [6.45, 7) is 0. The Labute approximate surface area is 214 Å². The highest BCUT2D eigenvalue weighted by molar-refractivity contribution is 6.31. The van der Waals surface area contributed by atoms with Gasteiger partial charge in [-0.05, 0) is 60.7 Å². The summed E-state index contributed by atoms with van der Waals surface area (Å²) in [7, 11) is 0. The van der Waals surface area contributed by atoms with Crippen molar-refractivity contribution in [1.82, 2.24) is 0 Å². The van der Waals surface area contributed by atoms with Crippen LogP contribution in [0.3, 0.4) is 0 Å². The van der Waals surface area contributed by atoms with E-state index in [0.717, 1.165) is 0 Å². The fourth-order valence-electron chi connectivity index (χ4n) is 2.93. The standard InChI is InChI=1S/C25H16Cl2N2O7/c26-17-9-5-14(6-10-17)24(33)35-20(22(30)29-19-4-2-1-3-16(19)13-28)21(23(31)32)36-25(34)15-7-11-18(27)12-8-15/h1-12,20-21H,(H,29,30)(H,31,32)/t20-,21-/m0/s1. The first-order valence-electron chi connectivity index (χ1n) is 10.2. The molecule has 9 nitrogen and oxygen atoms in total. The Kier molecular flexibility index (Phi) is 8.62. The number of hydrogen-bond donors (Lipinski definition) is 2. The second-order valence-corrected chi connectivity index (χ2v) is 8.02. The summed E-state index contributed by atoms with van der Waals surface area (Å²) >= 11 is 11.6. The van der Waals surface area contributed by atoms with Gasteiger partial charge >= 0.3 is 17.9 Å². The molecule has 0 saturated carbocycles. The van der Waals surface area contributed by atoms with Crippen molar-refractivity contribution >= 4 is 52.7 Å². The number of anilines is 1. The van der Waals surface area contributed by atoms with Crippen LogP contribution in [-0.2, 0) is 19.1 Å². The molecule has 2 atom stereocenters. The predicted octanol–water partition coefficient (Wildman–Crippen LogP) is 4.34. The monoisotopic (exact) mass is 526 g/mol. The van der Waals surface area contributed by atoms with Crippen LogP contribution in [-0.4, -0.2) is 41.1 Å². The molecule has 2 N–H and O–H groups in total. The molecule has 0 saturated heterocycles. The van der Waals surface area contributed by atoms with Crippen molar-refractivity contribution in [3.05, 3.63) is 99.5 Å². The van der Waals surface area contributed by atoms with E-state index in [1.807, 2.05) is 6.07 Å². The maximum absolute atomic E-state index is 13.1. The Morgan fingerprint density at radius 1 is 0.778 bits per heavy atom. The van der Waals surface area contributed by atoms with E-state index >= 15 is 0 Å². The van der Waals surface area contributed by atoms with Crippen molar-refractivity contribution in [3.8, 4) is 6.07 Å². The normalized spacial score (nSPS) is 11.9. The number of carbonyl (C=O) groups excluding carboxylic acids is 3. The van der Waals surface area contributed by atoms with Crippen LogP contribution in [0.4, 0.5) is 5.69 Å². The van der Waals surface area contributed by atoms with E-state index in [9.17, 15) is 29.5 Å². The first kappa shape index (κ1) is 26.2. The molecule has 3 aromatic carbocycles. The average Bonchev–Trinajstić information content (AvgIpc) is 2.86. The van der Waals surface area contributed by atoms with Gasteiger partial charge in [-0.1, -0.05) is 35.3 Å². The molecule has 36 heavy (non-hydrogen) atoms. The minimum atomic E-state index is -2.24. The van der Waals surface area contributed by atoms with Crippen molar-refractivity contribution in [1.29, 1.82) is 5.26 Å². The van der Waals surface area contributed by atoms with E-state index in [1.165, 1.54) is 66.7 Å². The number of esters is 2. The third-order valence-corrected chi connectivity index (χ3v) is 5.21. The fourth-order valence-corrected chi connectivity index (χ4v) is 3.18. The molecule has 11 heteroatoms. The van der Waals surface area contributed by atoms with E-state index in [0.29, 0.717) is 10.0 Å². The van der Waals surface area contributed by atoms with E-state index in [4.69, 9.17) is 32.7 Å². The summed E-state index contributed by atoms with van der Waals surface area (Å²) in [5.74, 6) is -5.07. The minimum Gasteiger partial charge on any atom is -0.478 e. The SMILES string of the molecule is N#Cc1ccccc1NC(=O)[C@@H](OC(=O)c1ccc(Cl)cc1)[C@H](OC(=O)c1ccc(Cl)cc1)C(=O)O. The average molecular weight is 527 g/mol. The maximum atomic E-state index is 13.1. The summed E-state index contributed by atoms with van der Waals surface area (Å²) in [6.07, 6.45) is -4.37. The zero-order valence-corrected chi connectivity index (χ0v) is 19.7. The zero-order chi connectivity index (χ0) is 26.2. The largest absolute Gasteiger partial charge is 0.478 e. The predicted molar refractivity (Wildman–Crippen MR) is 129 cm³/mol.